The predicted octanol–water partition coefficient (Wildman–Crippen LogP) is 4.26. The highest BCUT2D eigenvalue weighted by Gasteiger charge is 2.42. The maximum atomic E-state index is 13.4. The number of nitrogens with zero attached hydrogens (tertiary/aromatic N) is 4. The van der Waals surface area contributed by atoms with Crippen LogP contribution in [0.2, 0.25) is 0 Å². The molecule has 1 heterocycles. The molecule has 0 aliphatic carbocycles. The highest BCUT2D eigenvalue weighted by atomic mass is 19.4. The molecule has 2 aromatic rings. The lowest BCUT2D eigenvalue weighted by Crippen LogP contribution is -2.46. The highest BCUT2D eigenvalue weighted by molar-refractivity contribution is 6.20. The number of benzene rings is 2. The second-order valence-electron chi connectivity index (χ2n) is 7.97. The Bertz CT molecular complexity index is 1190. The summed E-state index contributed by atoms with van der Waals surface area (Å²) in [5.41, 5.74) is -2.15. The topological polar surface area (TPSA) is 103 Å². The van der Waals surface area contributed by atoms with E-state index in [1.54, 1.807) is 31.2 Å². The summed E-state index contributed by atoms with van der Waals surface area (Å²) < 4.78 is 50.4. The minimum atomic E-state index is -4.84. The highest BCUT2D eigenvalue weighted by Crippen LogP contribution is 2.35. The van der Waals surface area contributed by atoms with Crippen molar-refractivity contribution >= 4 is 23.7 Å². The number of amides is 4. The van der Waals surface area contributed by atoms with Gasteiger partial charge in [0.2, 0.25) is 0 Å². The van der Waals surface area contributed by atoms with Crippen LogP contribution >= 0.6 is 0 Å². The van der Waals surface area contributed by atoms with E-state index in [1.807, 2.05) is 0 Å². The number of rotatable bonds is 7. The number of likely N-dealkylation sites (N-methyl/N-ethyl adjacent to an activating group) is 1. The van der Waals surface area contributed by atoms with Crippen LogP contribution in [0, 0.1) is 11.3 Å². The maximum absolute atomic E-state index is 13.4. The molecule has 3 rings (SSSR count). The molecule has 1 aliphatic rings. The van der Waals surface area contributed by atoms with Crippen LogP contribution in [-0.2, 0) is 11.0 Å². The molecule has 0 saturated carbocycles. The van der Waals surface area contributed by atoms with Gasteiger partial charge in [-0.1, -0.05) is 6.92 Å². The average Bonchev–Trinajstić information content (AvgIpc) is 3.15. The molecule has 1 unspecified atom stereocenters. The van der Waals surface area contributed by atoms with Crippen molar-refractivity contribution in [1.29, 1.82) is 5.26 Å². The Morgan fingerprint density at radius 1 is 1.17 bits per heavy atom. The molecule has 2 aromatic carbocycles. The summed E-state index contributed by atoms with van der Waals surface area (Å²) in [5, 5.41) is 8.98. The van der Waals surface area contributed by atoms with Gasteiger partial charge in [-0.2, -0.15) is 18.4 Å². The summed E-state index contributed by atoms with van der Waals surface area (Å²) in [7, 11) is 2.96. The number of anilines is 1. The predicted molar refractivity (Wildman–Crippen MR) is 121 cm³/mol. The van der Waals surface area contributed by atoms with E-state index in [2.05, 4.69) is 0 Å². The van der Waals surface area contributed by atoms with Crippen molar-refractivity contribution in [3.05, 3.63) is 53.6 Å². The van der Waals surface area contributed by atoms with Gasteiger partial charge in [-0.25, -0.2) is 14.5 Å². The van der Waals surface area contributed by atoms with Crippen molar-refractivity contribution in [3.8, 4) is 17.6 Å². The van der Waals surface area contributed by atoms with Gasteiger partial charge in [-0.3, -0.25) is 4.79 Å². The number of methoxy groups -OCH3 is 1. The third kappa shape index (κ3) is 5.51. The number of carbonyl (C=O) groups excluding carboxylic acids is 3. The lowest BCUT2D eigenvalue weighted by Gasteiger charge is -2.29. The Balaban J connectivity index is 1.74. The van der Waals surface area contributed by atoms with E-state index in [4.69, 9.17) is 14.7 Å². The van der Waals surface area contributed by atoms with Crippen LogP contribution in [0.5, 0.6) is 11.5 Å². The van der Waals surface area contributed by atoms with Crippen LogP contribution in [0.1, 0.15) is 24.5 Å². The second kappa shape index (κ2) is 10.6. The van der Waals surface area contributed by atoms with Gasteiger partial charge in [0, 0.05) is 13.6 Å². The first-order valence-electron chi connectivity index (χ1n) is 10.8. The normalized spacial score (nSPS) is 14.5. The molecule has 9 nitrogen and oxygen atoms in total. The van der Waals surface area contributed by atoms with Crippen LogP contribution in [0.25, 0.3) is 0 Å². The number of ether oxygens (including phenoxy) is 2. The monoisotopic (exact) mass is 504 g/mol. The molecular formula is C24H23F3N4O5. The van der Waals surface area contributed by atoms with Gasteiger partial charge < -0.3 is 19.3 Å². The number of carbonyl (C=O) groups is 3. The lowest BCUT2D eigenvalue weighted by atomic mass is 10.1. The molecule has 1 aliphatic heterocycles. The molecule has 0 aromatic heterocycles. The standard InChI is InChI=1S/C24H23F3N4O5/c1-4-16(13-29(2)23(34)36-19-9-7-18(35-3)8-10-19)30-14-21(32)31(22(30)33)17-6-5-15(12-28)20(11-17)24(25,26)27/h5-11,16H,4,13-14H2,1-3H3. The van der Waals surface area contributed by atoms with Gasteiger partial charge in [0.1, 0.15) is 18.0 Å². The first-order valence-corrected chi connectivity index (χ1v) is 10.8. The number of alkyl halides is 3. The summed E-state index contributed by atoms with van der Waals surface area (Å²) in [5.74, 6) is 0.140. The third-order valence-electron chi connectivity index (χ3n) is 5.65. The molecule has 0 bridgehead atoms. The van der Waals surface area contributed by atoms with Crippen molar-refractivity contribution in [1.82, 2.24) is 9.80 Å². The van der Waals surface area contributed by atoms with Gasteiger partial charge >= 0.3 is 18.3 Å². The second-order valence-corrected chi connectivity index (χ2v) is 7.97. The molecular weight excluding hydrogens is 481 g/mol. The average molecular weight is 504 g/mol. The molecule has 190 valence electrons. The Morgan fingerprint density at radius 3 is 2.36 bits per heavy atom. The van der Waals surface area contributed by atoms with Crippen LogP contribution in [-0.4, -0.2) is 61.1 Å². The molecule has 0 radical (unpaired) electrons. The quantitative estimate of drug-likeness (QED) is 0.522. The molecule has 0 spiro atoms. The fraction of sp³-hybridized carbons (Fsp3) is 0.333. The zero-order valence-electron chi connectivity index (χ0n) is 19.7. The van der Waals surface area contributed by atoms with E-state index in [1.165, 1.54) is 30.0 Å². The fourth-order valence-electron chi connectivity index (χ4n) is 3.72. The molecule has 36 heavy (non-hydrogen) atoms. The van der Waals surface area contributed by atoms with Crippen LogP contribution in [0.3, 0.4) is 0 Å². The third-order valence-corrected chi connectivity index (χ3v) is 5.65. The molecule has 1 fully saturated rings. The Labute approximate surface area is 205 Å². The summed E-state index contributed by atoms with van der Waals surface area (Å²) in [6.07, 6.45) is -5.19. The maximum Gasteiger partial charge on any atom is 0.417 e. The van der Waals surface area contributed by atoms with Crippen molar-refractivity contribution in [2.24, 2.45) is 0 Å². The number of halogens is 3. The van der Waals surface area contributed by atoms with Gasteiger partial charge in [-0.15, -0.1) is 0 Å². The molecule has 12 heteroatoms. The van der Waals surface area contributed by atoms with E-state index in [0.717, 1.165) is 12.1 Å². The lowest BCUT2D eigenvalue weighted by molar-refractivity contribution is -0.137. The van der Waals surface area contributed by atoms with E-state index < -0.39 is 41.4 Å². The first-order chi connectivity index (χ1) is 17.0. The number of hydrogen-bond acceptors (Lipinski definition) is 6. The number of imide groups is 1. The number of nitriles is 1. The number of hydrogen-bond donors (Lipinski definition) is 0. The summed E-state index contributed by atoms with van der Waals surface area (Å²) in [4.78, 5) is 41.3. The largest absolute Gasteiger partial charge is 0.497 e. The Kier molecular flexibility index (Phi) is 7.72. The molecule has 0 N–H and O–H groups in total. The van der Waals surface area contributed by atoms with Crippen molar-refractivity contribution in [2.75, 3.05) is 32.1 Å². The molecule has 4 amide bonds. The summed E-state index contributed by atoms with van der Waals surface area (Å²) in [6, 6.07) is 9.01. The summed E-state index contributed by atoms with van der Waals surface area (Å²) in [6.45, 7) is 1.39. The van der Waals surface area contributed by atoms with E-state index in [0.29, 0.717) is 23.1 Å². The van der Waals surface area contributed by atoms with Crippen molar-refractivity contribution < 1.29 is 37.0 Å². The van der Waals surface area contributed by atoms with Crippen molar-refractivity contribution in [3.63, 3.8) is 0 Å². The van der Waals surface area contributed by atoms with Gasteiger partial charge in [0.25, 0.3) is 5.91 Å². The van der Waals surface area contributed by atoms with Crippen LogP contribution in [0.15, 0.2) is 42.5 Å². The Hall–Kier alpha value is -4.27. The SMILES string of the molecule is CCC(CN(C)C(=O)Oc1ccc(OC)cc1)N1CC(=O)N(c2ccc(C#N)c(C(F)(F)F)c2)C1=O. The minimum Gasteiger partial charge on any atom is -0.497 e. The van der Waals surface area contributed by atoms with E-state index >= 15 is 0 Å². The fourth-order valence-corrected chi connectivity index (χ4v) is 3.72. The van der Waals surface area contributed by atoms with Gasteiger partial charge in [-0.05, 0) is 48.9 Å². The zero-order chi connectivity index (χ0) is 26.6. The first kappa shape index (κ1) is 26.3. The van der Waals surface area contributed by atoms with E-state index in [-0.39, 0.29) is 24.5 Å². The van der Waals surface area contributed by atoms with Crippen molar-refractivity contribution in [2.45, 2.75) is 25.6 Å². The Morgan fingerprint density at radius 2 is 1.81 bits per heavy atom. The molecule has 1 saturated heterocycles. The zero-order valence-corrected chi connectivity index (χ0v) is 19.7. The smallest absolute Gasteiger partial charge is 0.417 e. The van der Waals surface area contributed by atoms with E-state index in [9.17, 15) is 27.6 Å². The molecule has 1 atom stereocenters. The van der Waals surface area contributed by atoms with Gasteiger partial charge in [0.05, 0.1) is 36.0 Å². The van der Waals surface area contributed by atoms with Crippen LogP contribution < -0.4 is 14.4 Å². The number of urea groups is 1. The van der Waals surface area contributed by atoms with Gasteiger partial charge in [0.15, 0.2) is 0 Å². The minimum absolute atomic E-state index is 0.0134. The van der Waals surface area contributed by atoms with Crippen LogP contribution in [0.4, 0.5) is 28.4 Å². The summed E-state index contributed by atoms with van der Waals surface area (Å²) >= 11 is 0.